The van der Waals surface area contributed by atoms with E-state index in [1.54, 1.807) is 10.9 Å². The van der Waals surface area contributed by atoms with Crippen LogP contribution < -0.4 is 10.9 Å². The molecule has 1 N–H and O–H groups in total. The van der Waals surface area contributed by atoms with E-state index < -0.39 is 0 Å². The van der Waals surface area contributed by atoms with Crippen molar-refractivity contribution in [2.24, 2.45) is 5.41 Å². The first-order valence-corrected chi connectivity index (χ1v) is 8.88. The van der Waals surface area contributed by atoms with Crippen LogP contribution >= 0.6 is 0 Å². The Morgan fingerprint density at radius 3 is 2.72 bits per heavy atom. The molecule has 8 nitrogen and oxygen atoms in total. The van der Waals surface area contributed by atoms with Crippen molar-refractivity contribution in [3.05, 3.63) is 22.2 Å². The van der Waals surface area contributed by atoms with Crippen molar-refractivity contribution in [3.63, 3.8) is 0 Å². The molecule has 0 bridgehead atoms. The van der Waals surface area contributed by atoms with Gasteiger partial charge in [0.15, 0.2) is 0 Å². The Balaban J connectivity index is 1.51. The Morgan fingerprint density at radius 2 is 2.12 bits per heavy atom. The molecule has 1 saturated carbocycles. The van der Waals surface area contributed by atoms with Crippen molar-refractivity contribution in [2.45, 2.75) is 52.2 Å². The zero-order valence-corrected chi connectivity index (χ0v) is 14.6. The molecule has 2 aromatic heterocycles. The summed E-state index contributed by atoms with van der Waals surface area (Å²) >= 11 is 0. The number of carbonyl (C=O) groups excluding carboxylic acids is 1. The Hall–Kier alpha value is -2.22. The second-order valence-electron chi connectivity index (χ2n) is 7.18. The van der Waals surface area contributed by atoms with Gasteiger partial charge in [-0.3, -0.25) is 14.3 Å². The van der Waals surface area contributed by atoms with Gasteiger partial charge >= 0.3 is 0 Å². The lowest BCUT2D eigenvalue weighted by molar-refractivity contribution is -0.169. The number of nitrogens with one attached hydrogen (secondary N) is 1. The molecular weight excluding hydrogens is 322 g/mol. The van der Waals surface area contributed by atoms with Crippen LogP contribution in [0, 0.1) is 5.41 Å². The van der Waals surface area contributed by atoms with Crippen molar-refractivity contribution in [1.82, 2.24) is 24.9 Å². The maximum atomic E-state index is 12.6. The molecule has 2 aliphatic rings. The normalized spacial score (nSPS) is 19.0. The fourth-order valence-corrected chi connectivity index (χ4v) is 3.80. The molecule has 1 spiro atoms. The van der Waals surface area contributed by atoms with E-state index in [9.17, 15) is 9.59 Å². The lowest BCUT2D eigenvalue weighted by Gasteiger charge is -2.53. The van der Waals surface area contributed by atoms with Gasteiger partial charge in [0.05, 0.1) is 24.3 Å². The van der Waals surface area contributed by atoms with E-state index in [1.807, 2.05) is 13.8 Å². The lowest BCUT2D eigenvalue weighted by Crippen LogP contribution is -2.59. The van der Waals surface area contributed by atoms with Gasteiger partial charge in [-0.05, 0) is 26.2 Å². The van der Waals surface area contributed by atoms with Crippen LogP contribution in [0.2, 0.25) is 0 Å². The highest BCUT2D eigenvalue weighted by Crippen LogP contribution is 2.46. The van der Waals surface area contributed by atoms with Crippen molar-refractivity contribution in [1.29, 1.82) is 0 Å². The highest BCUT2D eigenvalue weighted by Gasteiger charge is 2.50. The monoisotopic (exact) mass is 345 g/mol. The molecule has 0 aromatic carbocycles. The quantitative estimate of drug-likeness (QED) is 0.851. The van der Waals surface area contributed by atoms with E-state index in [0.29, 0.717) is 29.3 Å². The summed E-state index contributed by atoms with van der Waals surface area (Å²) < 4.78 is 8.24. The summed E-state index contributed by atoms with van der Waals surface area (Å²) in [5.41, 5.74) is 1.41. The molecule has 1 saturated heterocycles. The van der Waals surface area contributed by atoms with Gasteiger partial charge < -0.3 is 10.1 Å². The predicted molar refractivity (Wildman–Crippen MR) is 91.3 cm³/mol. The topological polar surface area (TPSA) is 91.0 Å². The Morgan fingerprint density at radius 1 is 1.36 bits per heavy atom. The molecule has 1 aliphatic carbocycles. The standard InChI is InChI=1S/C17H23N5O3/c1-3-13-15-12(7-21(4-2)20-15)16(24)22(19-13)8-14(23)18-11-5-17(6-11)9-25-10-17/h7,11H,3-6,8-10H2,1-2H3,(H,18,23). The van der Waals surface area contributed by atoms with Gasteiger partial charge in [-0.1, -0.05) is 6.92 Å². The zero-order valence-electron chi connectivity index (χ0n) is 14.6. The number of hydrogen-bond acceptors (Lipinski definition) is 5. The first-order valence-electron chi connectivity index (χ1n) is 8.88. The number of amides is 1. The number of hydrogen-bond donors (Lipinski definition) is 1. The fourth-order valence-electron chi connectivity index (χ4n) is 3.80. The van der Waals surface area contributed by atoms with Crippen LogP contribution in [-0.4, -0.2) is 44.7 Å². The van der Waals surface area contributed by atoms with E-state index in [4.69, 9.17) is 4.74 Å². The molecule has 2 aromatic rings. The highest BCUT2D eigenvalue weighted by atomic mass is 16.5. The Labute approximate surface area is 145 Å². The molecule has 25 heavy (non-hydrogen) atoms. The van der Waals surface area contributed by atoms with Gasteiger partial charge in [-0.15, -0.1) is 0 Å². The van der Waals surface area contributed by atoms with Crippen molar-refractivity contribution in [3.8, 4) is 0 Å². The maximum absolute atomic E-state index is 12.6. The molecule has 2 fully saturated rings. The molecule has 134 valence electrons. The van der Waals surface area contributed by atoms with Crippen LogP contribution in [-0.2, 0) is 29.0 Å². The summed E-state index contributed by atoms with van der Waals surface area (Å²) in [6.45, 7) is 6.17. The summed E-state index contributed by atoms with van der Waals surface area (Å²) in [6, 6.07) is 0.185. The van der Waals surface area contributed by atoms with E-state index >= 15 is 0 Å². The van der Waals surface area contributed by atoms with Crippen LogP contribution in [0.25, 0.3) is 10.9 Å². The fraction of sp³-hybridized carbons (Fsp3) is 0.647. The van der Waals surface area contributed by atoms with Crippen LogP contribution in [0.1, 0.15) is 32.4 Å². The third-order valence-electron chi connectivity index (χ3n) is 5.23. The number of rotatable bonds is 5. The molecule has 3 heterocycles. The second kappa shape index (κ2) is 5.94. The van der Waals surface area contributed by atoms with Gasteiger partial charge in [-0.25, -0.2) is 4.68 Å². The number of aryl methyl sites for hydroxylation is 2. The largest absolute Gasteiger partial charge is 0.380 e. The van der Waals surface area contributed by atoms with Crippen LogP contribution in [0.5, 0.6) is 0 Å². The summed E-state index contributed by atoms with van der Waals surface area (Å²) in [5, 5.41) is 12.3. The summed E-state index contributed by atoms with van der Waals surface area (Å²) in [7, 11) is 0. The Kier molecular flexibility index (Phi) is 3.87. The third kappa shape index (κ3) is 2.74. The number of aromatic nitrogens is 4. The minimum atomic E-state index is -0.264. The van der Waals surface area contributed by atoms with Crippen molar-refractivity contribution in [2.75, 3.05) is 13.2 Å². The average molecular weight is 345 g/mol. The summed E-state index contributed by atoms with van der Waals surface area (Å²) in [5.74, 6) is -0.168. The minimum Gasteiger partial charge on any atom is -0.380 e. The maximum Gasteiger partial charge on any atom is 0.278 e. The molecule has 4 rings (SSSR count). The van der Waals surface area contributed by atoms with Crippen LogP contribution in [0.15, 0.2) is 11.0 Å². The molecule has 0 unspecified atom stereocenters. The van der Waals surface area contributed by atoms with Gasteiger partial charge in [0, 0.05) is 24.2 Å². The second-order valence-corrected chi connectivity index (χ2v) is 7.18. The van der Waals surface area contributed by atoms with Crippen LogP contribution in [0.3, 0.4) is 0 Å². The van der Waals surface area contributed by atoms with Gasteiger partial charge in [-0.2, -0.15) is 10.2 Å². The van der Waals surface area contributed by atoms with Gasteiger partial charge in [0.25, 0.3) is 5.56 Å². The van der Waals surface area contributed by atoms with Crippen molar-refractivity contribution >= 4 is 16.8 Å². The number of fused-ring (bicyclic) bond motifs is 1. The first kappa shape index (κ1) is 16.3. The van der Waals surface area contributed by atoms with Crippen molar-refractivity contribution < 1.29 is 9.53 Å². The number of carbonyl (C=O) groups is 1. The average Bonchev–Trinajstić information content (AvgIpc) is 2.96. The zero-order chi connectivity index (χ0) is 17.6. The molecular formula is C17H23N5O3. The first-order chi connectivity index (χ1) is 12.0. The minimum absolute atomic E-state index is 0.0565. The van der Waals surface area contributed by atoms with Crippen LogP contribution in [0.4, 0.5) is 0 Å². The predicted octanol–water partition coefficient (Wildman–Crippen LogP) is 0.470. The van der Waals surface area contributed by atoms with E-state index in [2.05, 4.69) is 15.5 Å². The number of ether oxygens (including phenoxy) is 1. The molecule has 1 amide bonds. The SMILES string of the molecule is CCc1nn(CC(=O)NC2CC3(COC3)C2)c(=O)c2cn(CC)nc12. The Bertz CT molecular complexity index is 872. The lowest BCUT2D eigenvalue weighted by atomic mass is 9.64. The smallest absolute Gasteiger partial charge is 0.278 e. The molecule has 0 atom stereocenters. The van der Waals surface area contributed by atoms with Gasteiger partial charge in [0.1, 0.15) is 12.1 Å². The van der Waals surface area contributed by atoms with Gasteiger partial charge in [0.2, 0.25) is 5.91 Å². The third-order valence-corrected chi connectivity index (χ3v) is 5.23. The number of nitrogens with zero attached hydrogens (tertiary/aromatic N) is 4. The molecule has 8 heteroatoms. The summed E-state index contributed by atoms with van der Waals surface area (Å²) in [4.78, 5) is 25.0. The van der Waals surface area contributed by atoms with E-state index in [-0.39, 0.29) is 24.1 Å². The van der Waals surface area contributed by atoms with E-state index in [1.165, 1.54) is 4.68 Å². The molecule has 0 radical (unpaired) electrons. The van der Waals surface area contributed by atoms with E-state index in [0.717, 1.165) is 31.7 Å². The highest BCUT2D eigenvalue weighted by molar-refractivity contribution is 5.80. The summed E-state index contributed by atoms with van der Waals surface area (Å²) in [6.07, 6.45) is 4.32. The molecule has 1 aliphatic heterocycles.